The highest BCUT2D eigenvalue weighted by Crippen LogP contribution is 2.33. The number of amides is 1. The first-order valence-corrected chi connectivity index (χ1v) is 12.1. The molecule has 3 rings (SSSR count). The number of nitrogens with one attached hydrogen (secondary N) is 2. The van der Waals surface area contributed by atoms with Crippen LogP contribution in [0.25, 0.3) is 16.6 Å². The van der Waals surface area contributed by atoms with Gasteiger partial charge >= 0.3 is 0 Å². The molecular weight excluding hydrogens is 460 g/mol. The van der Waals surface area contributed by atoms with Gasteiger partial charge in [-0.2, -0.15) is 0 Å². The Bertz CT molecular complexity index is 1300. The highest BCUT2D eigenvalue weighted by Gasteiger charge is 2.19. The molecule has 2 heterocycles. The van der Waals surface area contributed by atoms with Crippen LogP contribution in [0.5, 0.6) is 5.75 Å². The van der Waals surface area contributed by atoms with Gasteiger partial charge in [0.25, 0.3) is 0 Å². The first-order chi connectivity index (χ1) is 16.7. The van der Waals surface area contributed by atoms with E-state index in [2.05, 4.69) is 28.3 Å². The number of hydrogen-bond donors (Lipinski definition) is 2. The van der Waals surface area contributed by atoms with Gasteiger partial charge in [0.1, 0.15) is 17.9 Å². The number of nitrogens with zero attached hydrogens (tertiary/aromatic N) is 2. The minimum atomic E-state index is -0.303. The topological polar surface area (TPSA) is 76.1 Å². The maximum atomic E-state index is 12.0. The van der Waals surface area contributed by atoms with Gasteiger partial charge in [0.15, 0.2) is 0 Å². The van der Waals surface area contributed by atoms with Crippen LogP contribution in [0.2, 0.25) is 5.02 Å². The number of carbonyl (C=O) groups excluding carboxylic acids is 1. The molecule has 0 radical (unpaired) electrons. The number of pyridine rings is 2. The predicted octanol–water partition coefficient (Wildman–Crippen LogP) is 6.20. The summed E-state index contributed by atoms with van der Waals surface area (Å²) in [5.41, 5.74) is 6.91. The van der Waals surface area contributed by atoms with E-state index in [1.54, 1.807) is 0 Å². The molecule has 0 aliphatic carbocycles. The van der Waals surface area contributed by atoms with E-state index in [-0.39, 0.29) is 18.6 Å². The van der Waals surface area contributed by atoms with Gasteiger partial charge in [-0.25, -0.2) is 4.98 Å². The van der Waals surface area contributed by atoms with Crippen LogP contribution in [0.15, 0.2) is 48.6 Å². The second-order valence-corrected chi connectivity index (χ2v) is 8.92. The molecule has 1 amide bonds. The summed E-state index contributed by atoms with van der Waals surface area (Å²) in [5, 5.41) is 7.79. The van der Waals surface area contributed by atoms with Crippen molar-refractivity contribution >= 4 is 34.1 Å². The average Bonchev–Trinajstić information content (AvgIpc) is 2.83. The first-order valence-electron chi connectivity index (χ1n) is 11.7. The molecule has 2 N–H and O–H groups in total. The quantitative estimate of drug-likeness (QED) is 0.347. The van der Waals surface area contributed by atoms with Crippen molar-refractivity contribution in [3.8, 4) is 5.75 Å². The summed E-state index contributed by atoms with van der Waals surface area (Å²) < 4.78 is 6.30. The Morgan fingerprint density at radius 2 is 1.94 bits per heavy atom. The van der Waals surface area contributed by atoms with E-state index in [4.69, 9.17) is 21.3 Å². The van der Waals surface area contributed by atoms with E-state index in [9.17, 15) is 4.79 Å². The molecule has 184 valence electrons. The zero-order valence-corrected chi connectivity index (χ0v) is 22.0. The summed E-state index contributed by atoms with van der Waals surface area (Å²) in [7, 11) is 1.90. The molecule has 1 aromatic carbocycles. The van der Waals surface area contributed by atoms with Crippen molar-refractivity contribution < 1.29 is 9.53 Å². The number of rotatable bonds is 9. The lowest BCUT2D eigenvalue weighted by Gasteiger charge is -2.20. The lowest BCUT2D eigenvalue weighted by Crippen LogP contribution is -2.27. The summed E-state index contributed by atoms with van der Waals surface area (Å²) in [5.74, 6) is 0.597. The second-order valence-electron chi connectivity index (χ2n) is 8.52. The van der Waals surface area contributed by atoms with Gasteiger partial charge in [0.05, 0.1) is 16.8 Å². The number of aromatic nitrogens is 2. The Labute approximate surface area is 212 Å². The van der Waals surface area contributed by atoms with Gasteiger partial charge in [-0.05, 0) is 51.5 Å². The second kappa shape index (κ2) is 11.4. The molecule has 0 spiro atoms. The summed E-state index contributed by atoms with van der Waals surface area (Å²) in [6.45, 7) is 13.7. The molecule has 0 fully saturated rings. The number of ether oxygens (including phenoxy) is 1. The van der Waals surface area contributed by atoms with E-state index in [1.807, 2.05) is 72.0 Å². The first kappa shape index (κ1) is 26.2. The van der Waals surface area contributed by atoms with E-state index in [0.717, 1.165) is 44.7 Å². The molecule has 0 aliphatic heterocycles. The molecule has 3 aromatic rings. The fourth-order valence-corrected chi connectivity index (χ4v) is 4.37. The fraction of sp³-hybridized carbons (Fsp3) is 0.321. The van der Waals surface area contributed by atoms with Crippen molar-refractivity contribution in [2.75, 3.05) is 7.05 Å². The number of aryl methyl sites for hydroxylation is 2. The Kier molecular flexibility index (Phi) is 8.52. The van der Waals surface area contributed by atoms with Crippen molar-refractivity contribution in [2.24, 2.45) is 0 Å². The Hall–Kier alpha value is -3.38. The smallest absolute Gasteiger partial charge is 0.220 e. The Morgan fingerprint density at radius 1 is 1.23 bits per heavy atom. The summed E-state index contributed by atoms with van der Waals surface area (Å²) >= 11 is 6.62. The summed E-state index contributed by atoms with van der Waals surface area (Å²) in [4.78, 5) is 21.4. The van der Waals surface area contributed by atoms with Gasteiger partial charge in [-0.3, -0.25) is 9.78 Å². The van der Waals surface area contributed by atoms with Crippen LogP contribution in [-0.2, 0) is 11.4 Å². The molecule has 0 saturated heterocycles. The normalized spacial score (nSPS) is 12.7. The van der Waals surface area contributed by atoms with Crippen molar-refractivity contribution in [1.82, 2.24) is 20.6 Å². The lowest BCUT2D eigenvalue weighted by atomic mass is 10.0. The zero-order valence-electron chi connectivity index (χ0n) is 21.3. The molecule has 7 heteroatoms. The predicted molar refractivity (Wildman–Crippen MR) is 143 cm³/mol. The molecule has 0 aliphatic rings. The number of para-hydroxylation sites is 1. The minimum Gasteiger partial charge on any atom is -0.486 e. The van der Waals surface area contributed by atoms with Crippen molar-refractivity contribution in [3.05, 3.63) is 81.8 Å². The Morgan fingerprint density at radius 3 is 2.60 bits per heavy atom. The number of hydrogen-bond acceptors (Lipinski definition) is 5. The van der Waals surface area contributed by atoms with Gasteiger partial charge in [-0.15, -0.1) is 0 Å². The molecule has 0 saturated carbocycles. The van der Waals surface area contributed by atoms with Crippen LogP contribution < -0.4 is 15.4 Å². The van der Waals surface area contributed by atoms with E-state index in [0.29, 0.717) is 22.9 Å². The third-order valence-corrected chi connectivity index (χ3v) is 6.20. The standard InChI is InChI=1S/C28H33ClN4O2/c1-8-16(3)26(30-7)21-13-17(4)32-28-20(21)11-10-12-24(28)35-15-22-23(29)14-18(5)31-27(22)19(6)33-25(34)9-2/h8,10-14,19,30H,1,9,15H2,2-7H3,(H,33,34)/b26-16-. The maximum Gasteiger partial charge on any atom is 0.220 e. The highest BCUT2D eigenvalue weighted by molar-refractivity contribution is 6.31. The third kappa shape index (κ3) is 5.82. The molecule has 6 nitrogen and oxygen atoms in total. The molecule has 35 heavy (non-hydrogen) atoms. The molecular formula is C28H33ClN4O2. The number of benzene rings is 1. The average molecular weight is 493 g/mol. The minimum absolute atomic E-state index is 0.0479. The number of carbonyl (C=O) groups is 1. The van der Waals surface area contributed by atoms with Crippen molar-refractivity contribution in [2.45, 2.75) is 53.7 Å². The van der Waals surface area contributed by atoms with Crippen LogP contribution in [-0.4, -0.2) is 22.9 Å². The fourth-order valence-electron chi connectivity index (χ4n) is 4.07. The molecule has 0 bridgehead atoms. The van der Waals surface area contributed by atoms with Crippen LogP contribution >= 0.6 is 11.6 Å². The number of halogens is 1. The Balaban J connectivity index is 2.05. The molecule has 1 atom stereocenters. The third-order valence-electron chi connectivity index (χ3n) is 5.86. The van der Waals surface area contributed by atoms with Gasteiger partial charge in [0, 0.05) is 47.1 Å². The zero-order chi connectivity index (χ0) is 25.7. The molecule has 2 aromatic heterocycles. The summed E-state index contributed by atoms with van der Waals surface area (Å²) in [6, 6.07) is 9.45. The van der Waals surface area contributed by atoms with Crippen LogP contribution in [0.1, 0.15) is 61.4 Å². The van der Waals surface area contributed by atoms with E-state index >= 15 is 0 Å². The SMILES string of the molecule is C=C/C(C)=C(\NC)c1cc(C)nc2c(OCc3c(Cl)cc(C)nc3C(C)NC(=O)CC)cccc12. The maximum absolute atomic E-state index is 12.0. The number of allylic oxidation sites excluding steroid dienone is 2. The van der Waals surface area contributed by atoms with Gasteiger partial charge in [0.2, 0.25) is 5.91 Å². The largest absolute Gasteiger partial charge is 0.486 e. The number of fused-ring (bicyclic) bond motifs is 1. The van der Waals surface area contributed by atoms with Crippen LogP contribution in [0.4, 0.5) is 0 Å². The van der Waals surface area contributed by atoms with Crippen molar-refractivity contribution in [3.63, 3.8) is 0 Å². The van der Waals surface area contributed by atoms with E-state index in [1.165, 1.54) is 0 Å². The van der Waals surface area contributed by atoms with Gasteiger partial charge < -0.3 is 15.4 Å². The highest BCUT2D eigenvalue weighted by atomic mass is 35.5. The van der Waals surface area contributed by atoms with Gasteiger partial charge in [-0.1, -0.05) is 43.3 Å². The van der Waals surface area contributed by atoms with Crippen LogP contribution in [0, 0.1) is 13.8 Å². The lowest BCUT2D eigenvalue weighted by molar-refractivity contribution is -0.121. The van der Waals surface area contributed by atoms with E-state index < -0.39 is 0 Å². The van der Waals surface area contributed by atoms with Crippen molar-refractivity contribution in [1.29, 1.82) is 0 Å². The monoisotopic (exact) mass is 492 g/mol. The molecule has 1 unspecified atom stereocenters. The van der Waals surface area contributed by atoms with Crippen LogP contribution in [0.3, 0.4) is 0 Å². The summed E-state index contributed by atoms with van der Waals surface area (Å²) in [6.07, 6.45) is 2.23.